The molecule has 4 nitrogen and oxygen atoms in total. The van der Waals surface area contributed by atoms with Gasteiger partial charge in [0.25, 0.3) is 0 Å². The molecule has 1 aromatic carbocycles. The minimum Gasteiger partial charge on any atom is -0.489 e. The van der Waals surface area contributed by atoms with Gasteiger partial charge >= 0.3 is 0 Å². The average molecular weight is 276 g/mol. The Kier molecular flexibility index (Phi) is 5.41. The van der Waals surface area contributed by atoms with E-state index in [4.69, 9.17) is 4.74 Å². The molecule has 1 fully saturated rings. The number of nitrogens with one attached hydrogen (secondary N) is 2. The lowest BCUT2D eigenvalue weighted by Gasteiger charge is -2.23. The monoisotopic (exact) mass is 276 g/mol. The molecule has 0 saturated carbocycles. The second-order valence-corrected chi connectivity index (χ2v) is 5.53. The molecule has 2 unspecified atom stereocenters. The van der Waals surface area contributed by atoms with Crippen LogP contribution in [-0.2, 0) is 4.79 Å². The zero-order chi connectivity index (χ0) is 14.4. The summed E-state index contributed by atoms with van der Waals surface area (Å²) in [5.41, 5.74) is 1.17. The minimum absolute atomic E-state index is 0.0303. The van der Waals surface area contributed by atoms with Gasteiger partial charge in [-0.05, 0) is 50.9 Å². The van der Waals surface area contributed by atoms with Gasteiger partial charge in [-0.1, -0.05) is 12.1 Å². The number of ether oxygens (including phenoxy) is 1. The van der Waals surface area contributed by atoms with Crippen LogP contribution in [0.5, 0.6) is 5.75 Å². The van der Waals surface area contributed by atoms with Gasteiger partial charge in [-0.3, -0.25) is 4.79 Å². The first kappa shape index (κ1) is 14.9. The van der Waals surface area contributed by atoms with Crippen LogP contribution in [0.4, 0.5) is 0 Å². The maximum Gasteiger partial charge on any atom is 0.224 e. The molecule has 1 aliphatic rings. The van der Waals surface area contributed by atoms with Crippen molar-refractivity contribution in [1.82, 2.24) is 10.6 Å². The van der Waals surface area contributed by atoms with Gasteiger partial charge in [0.1, 0.15) is 11.9 Å². The third kappa shape index (κ3) is 4.53. The molecule has 2 N–H and O–H groups in total. The number of amides is 1. The van der Waals surface area contributed by atoms with Gasteiger partial charge in [0, 0.05) is 6.54 Å². The van der Waals surface area contributed by atoms with E-state index < -0.39 is 0 Å². The highest BCUT2D eigenvalue weighted by molar-refractivity contribution is 5.78. The quantitative estimate of drug-likeness (QED) is 0.863. The fourth-order valence-corrected chi connectivity index (χ4v) is 2.43. The standard InChI is InChI=1S/C16H24N2O2/c1-12-5-3-7-15(9-12)20-13(2)10-18-16(19)14-6-4-8-17-11-14/h3,5,7,9,13-14,17H,4,6,8,10-11H2,1-2H3,(H,18,19). The molecule has 1 saturated heterocycles. The van der Waals surface area contributed by atoms with Gasteiger partial charge in [0.2, 0.25) is 5.91 Å². The number of rotatable bonds is 5. The molecule has 110 valence electrons. The second kappa shape index (κ2) is 7.29. The highest BCUT2D eigenvalue weighted by Crippen LogP contribution is 2.14. The molecular weight excluding hydrogens is 252 g/mol. The van der Waals surface area contributed by atoms with E-state index in [1.54, 1.807) is 0 Å². The number of hydrogen-bond donors (Lipinski definition) is 2. The van der Waals surface area contributed by atoms with Crippen LogP contribution in [0.1, 0.15) is 25.3 Å². The lowest BCUT2D eigenvalue weighted by molar-refractivity contribution is -0.125. The van der Waals surface area contributed by atoms with E-state index in [1.807, 2.05) is 38.1 Å². The molecule has 1 heterocycles. The summed E-state index contributed by atoms with van der Waals surface area (Å²) in [6.07, 6.45) is 2.02. The zero-order valence-electron chi connectivity index (χ0n) is 12.3. The summed E-state index contributed by atoms with van der Waals surface area (Å²) in [6, 6.07) is 7.96. The Labute approximate surface area is 120 Å². The minimum atomic E-state index is -0.0303. The molecule has 20 heavy (non-hydrogen) atoms. The van der Waals surface area contributed by atoms with Gasteiger partial charge in [-0.2, -0.15) is 0 Å². The summed E-state index contributed by atoms with van der Waals surface area (Å²) in [7, 11) is 0. The van der Waals surface area contributed by atoms with Crippen LogP contribution in [0.3, 0.4) is 0 Å². The Morgan fingerprint density at radius 2 is 2.40 bits per heavy atom. The van der Waals surface area contributed by atoms with E-state index >= 15 is 0 Å². The summed E-state index contributed by atoms with van der Waals surface area (Å²) >= 11 is 0. The third-order valence-corrected chi connectivity index (χ3v) is 3.56. The molecular formula is C16H24N2O2. The Bertz CT molecular complexity index is 442. The first-order valence-corrected chi connectivity index (χ1v) is 7.37. The maximum atomic E-state index is 12.0. The maximum absolute atomic E-state index is 12.0. The smallest absolute Gasteiger partial charge is 0.224 e. The Hall–Kier alpha value is -1.55. The van der Waals surface area contributed by atoms with Crippen LogP contribution in [-0.4, -0.2) is 31.6 Å². The molecule has 0 radical (unpaired) electrons. The van der Waals surface area contributed by atoms with Gasteiger partial charge in [0.05, 0.1) is 12.5 Å². The Morgan fingerprint density at radius 3 is 3.10 bits per heavy atom. The van der Waals surface area contributed by atoms with E-state index in [0.717, 1.165) is 31.7 Å². The largest absolute Gasteiger partial charge is 0.489 e. The average Bonchev–Trinajstić information content (AvgIpc) is 2.46. The highest BCUT2D eigenvalue weighted by atomic mass is 16.5. The van der Waals surface area contributed by atoms with Crippen molar-refractivity contribution in [3.8, 4) is 5.75 Å². The highest BCUT2D eigenvalue weighted by Gasteiger charge is 2.21. The van der Waals surface area contributed by atoms with Crippen molar-refractivity contribution in [2.75, 3.05) is 19.6 Å². The summed E-state index contributed by atoms with van der Waals surface area (Å²) in [6.45, 7) is 6.37. The lowest BCUT2D eigenvalue weighted by Crippen LogP contribution is -2.43. The molecule has 0 aromatic heterocycles. The topological polar surface area (TPSA) is 50.4 Å². The van der Waals surface area contributed by atoms with Gasteiger partial charge in [-0.15, -0.1) is 0 Å². The van der Waals surface area contributed by atoms with Gasteiger partial charge in [-0.25, -0.2) is 0 Å². The molecule has 1 aromatic rings. The van der Waals surface area contributed by atoms with Gasteiger partial charge in [0.15, 0.2) is 0 Å². The molecule has 0 bridgehead atoms. The second-order valence-electron chi connectivity index (χ2n) is 5.53. The molecule has 2 rings (SSSR count). The number of piperidine rings is 1. The zero-order valence-corrected chi connectivity index (χ0v) is 12.3. The summed E-state index contributed by atoms with van der Waals surface area (Å²) in [5.74, 6) is 1.10. The van der Waals surface area contributed by atoms with E-state index in [9.17, 15) is 4.79 Å². The fourth-order valence-electron chi connectivity index (χ4n) is 2.43. The first-order valence-electron chi connectivity index (χ1n) is 7.37. The lowest BCUT2D eigenvalue weighted by atomic mass is 9.99. The normalized spacial score (nSPS) is 20.2. The van der Waals surface area contributed by atoms with Crippen molar-refractivity contribution >= 4 is 5.91 Å². The van der Waals surface area contributed by atoms with Crippen LogP contribution in [0.15, 0.2) is 24.3 Å². The Morgan fingerprint density at radius 1 is 1.55 bits per heavy atom. The van der Waals surface area contributed by atoms with Crippen molar-refractivity contribution in [2.45, 2.75) is 32.8 Å². The van der Waals surface area contributed by atoms with Crippen LogP contribution in [0.2, 0.25) is 0 Å². The van der Waals surface area contributed by atoms with Gasteiger partial charge < -0.3 is 15.4 Å². The van der Waals surface area contributed by atoms with E-state index in [0.29, 0.717) is 6.54 Å². The SMILES string of the molecule is Cc1cccc(OC(C)CNC(=O)C2CCCNC2)c1. The number of hydrogen-bond acceptors (Lipinski definition) is 3. The predicted octanol–water partition coefficient (Wildman–Crippen LogP) is 1.88. The summed E-state index contributed by atoms with van der Waals surface area (Å²) in [4.78, 5) is 12.0. The summed E-state index contributed by atoms with van der Waals surface area (Å²) < 4.78 is 5.80. The van der Waals surface area contributed by atoms with Crippen LogP contribution < -0.4 is 15.4 Å². The molecule has 4 heteroatoms. The van der Waals surface area contributed by atoms with Crippen molar-refractivity contribution in [1.29, 1.82) is 0 Å². The molecule has 1 amide bonds. The van der Waals surface area contributed by atoms with Crippen molar-refractivity contribution in [2.24, 2.45) is 5.92 Å². The number of benzene rings is 1. The number of carbonyl (C=O) groups excluding carboxylic acids is 1. The first-order chi connectivity index (χ1) is 9.65. The fraction of sp³-hybridized carbons (Fsp3) is 0.562. The number of aryl methyl sites for hydroxylation is 1. The van der Waals surface area contributed by atoms with E-state index in [2.05, 4.69) is 10.6 Å². The van der Waals surface area contributed by atoms with E-state index in [-0.39, 0.29) is 17.9 Å². The predicted molar refractivity (Wildman–Crippen MR) is 79.9 cm³/mol. The van der Waals surface area contributed by atoms with Crippen molar-refractivity contribution in [3.05, 3.63) is 29.8 Å². The molecule has 0 aliphatic carbocycles. The molecule has 0 spiro atoms. The Balaban J connectivity index is 1.74. The third-order valence-electron chi connectivity index (χ3n) is 3.56. The van der Waals surface area contributed by atoms with Crippen LogP contribution in [0.25, 0.3) is 0 Å². The van der Waals surface area contributed by atoms with E-state index in [1.165, 1.54) is 5.56 Å². The van der Waals surface area contributed by atoms with Crippen LogP contribution >= 0.6 is 0 Å². The molecule has 2 atom stereocenters. The summed E-state index contributed by atoms with van der Waals surface area (Å²) in [5, 5.41) is 6.24. The molecule has 1 aliphatic heterocycles. The number of carbonyl (C=O) groups is 1. The van der Waals surface area contributed by atoms with Crippen molar-refractivity contribution in [3.63, 3.8) is 0 Å². The van der Waals surface area contributed by atoms with Crippen molar-refractivity contribution < 1.29 is 9.53 Å². The van der Waals surface area contributed by atoms with Crippen LogP contribution in [0, 0.1) is 12.8 Å².